The van der Waals surface area contributed by atoms with Gasteiger partial charge < -0.3 is 10.1 Å². The van der Waals surface area contributed by atoms with Crippen molar-refractivity contribution in [1.29, 1.82) is 0 Å². The summed E-state index contributed by atoms with van der Waals surface area (Å²) in [7, 11) is 1.77. The van der Waals surface area contributed by atoms with E-state index in [2.05, 4.69) is 10.3 Å². The average molecular weight is 248 g/mol. The molecule has 0 aliphatic rings. The Hall–Kier alpha value is -1.14. The fourth-order valence-electron chi connectivity index (χ4n) is 1.19. The molecule has 1 rings (SSSR count). The van der Waals surface area contributed by atoms with Crippen LogP contribution in [-0.2, 0) is 17.9 Å². The van der Waals surface area contributed by atoms with Gasteiger partial charge in [0.25, 0.3) is 0 Å². The molecule has 0 aliphatic heterocycles. The fraction of sp³-hybridized carbons (Fsp3) is 0.545. The molecule has 0 spiro atoms. The third-order valence-electron chi connectivity index (χ3n) is 2.16. The van der Waals surface area contributed by atoms with Gasteiger partial charge in [-0.2, -0.15) is 13.2 Å². The van der Waals surface area contributed by atoms with Gasteiger partial charge >= 0.3 is 6.18 Å². The maximum atomic E-state index is 12.2. The Balaban J connectivity index is 2.54. The molecule has 1 heterocycles. The molecule has 3 nitrogen and oxygen atoms in total. The second-order valence-electron chi connectivity index (χ2n) is 3.65. The zero-order chi connectivity index (χ0) is 12.9. The molecular weight excluding hydrogens is 233 g/mol. The van der Waals surface area contributed by atoms with Crippen LogP contribution < -0.4 is 5.32 Å². The van der Waals surface area contributed by atoms with Crippen LogP contribution in [0.1, 0.15) is 18.3 Å². The first kappa shape index (κ1) is 13.9. The molecular formula is C11H15F3N2O. The SMILES string of the molecule is CNCc1cccc(COC(C)C(F)(F)F)n1. The first-order chi connectivity index (χ1) is 7.93. The molecule has 17 heavy (non-hydrogen) atoms. The number of halogens is 3. The highest BCUT2D eigenvalue weighted by molar-refractivity contribution is 5.10. The largest absolute Gasteiger partial charge is 0.414 e. The lowest BCUT2D eigenvalue weighted by molar-refractivity contribution is -0.217. The maximum Gasteiger partial charge on any atom is 0.414 e. The van der Waals surface area contributed by atoms with Gasteiger partial charge in [-0.1, -0.05) is 6.07 Å². The van der Waals surface area contributed by atoms with Crippen molar-refractivity contribution in [2.24, 2.45) is 0 Å². The summed E-state index contributed by atoms with van der Waals surface area (Å²) in [6.07, 6.45) is -6.11. The van der Waals surface area contributed by atoms with Crippen molar-refractivity contribution in [1.82, 2.24) is 10.3 Å². The Morgan fingerprint density at radius 2 is 2.00 bits per heavy atom. The molecule has 1 N–H and O–H groups in total. The zero-order valence-corrected chi connectivity index (χ0v) is 9.71. The standard InChI is InChI=1S/C11H15F3N2O/c1-8(11(12,13)14)17-7-10-5-3-4-9(16-10)6-15-2/h3-5,8,15H,6-7H2,1-2H3. The van der Waals surface area contributed by atoms with Crippen molar-refractivity contribution in [2.45, 2.75) is 32.4 Å². The minimum Gasteiger partial charge on any atom is -0.363 e. The lowest BCUT2D eigenvalue weighted by atomic mass is 10.3. The molecule has 0 aromatic carbocycles. The van der Waals surface area contributed by atoms with Crippen LogP contribution in [0.3, 0.4) is 0 Å². The minimum absolute atomic E-state index is 0.141. The molecule has 1 aromatic rings. The number of hydrogen-bond acceptors (Lipinski definition) is 3. The quantitative estimate of drug-likeness (QED) is 0.868. The third kappa shape index (κ3) is 4.70. The summed E-state index contributed by atoms with van der Waals surface area (Å²) in [6.45, 7) is 1.42. The summed E-state index contributed by atoms with van der Waals surface area (Å²) >= 11 is 0. The molecule has 0 saturated heterocycles. The third-order valence-corrected chi connectivity index (χ3v) is 2.16. The predicted molar refractivity (Wildman–Crippen MR) is 57.3 cm³/mol. The van der Waals surface area contributed by atoms with Gasteiger partial charge in [-0.05, 0) is 26.1 Å². The Labute approximate surface area is 98.0 Å². The zero-order valence-electron chi connectivity index (χ0n) is 9.71. The van der Waals surface area contributed by atoms with Crippen LogP contribution in [0.4, 0.5) is 13.2 Å². The van der Waals surface area contributed by atoms with Crippen molar-refractivity contribution >= 4 is 0 Å². The lowest BCUT2D eigenvalue weighted by Crippen LogP contribution is -2.28. The highest BCUT2D eigenvalue weighted by atomic mass is 19.4. The van der Waals surface area contributed by atoms with Crippen molar-refractivity contribution < 1.29 is 17.9 Å². The van der Waals surface area contributed by atoms with Gasteiger partial charge in [0.1, 0.15) is 0 Å². The number of pyridine rings is 1. The van der Waals surface area contributed by atoms with E-state index in [0.717, 1.165) is 12.6 Å². The summed E-state index contributed by atoms with van der Waals surface area (Å²) < 4.78 is 41.3. The average Bonchev–Trinajstić information content (AvgIpc) is 2.25. The van der Waals surface area contributed by atoms with E-state index in [-0.39, 0.29) is 6.61 Å². The highest BCUT2D eigenvalue weighted by Crippen LogP contribution is 2.22. The van der Waals surface area contributed by atoms with Gasteiger partial charge in [0.15, 0.2) is 6.10 Å². The van der Waals surface area contributed by atoms with E-state index >= 15 is 0 Å². The van der Waals surface area contributed by atoms with Crippen molar-refractivity contribution in [3.8, 4) is 0 Å². The smallest absolute Gasteiger partial charge is 0.363 e. The van der Waals surface area contributed by atoms with Crippen LogP contribution in [0.2, 0.25) is 0 Å². The van der Waals surface area contributed by atoms with E-state index in [1.165, 1.54) is 0 Å². The molecule has 0 aliphatic carbocycles. The number of nitrogens with zero attached hydrogens (tertiary/aromatic N) is 1. The molecule has 0 amide bonds. The number of hydrogen-bond donors (Lipinski definition) is 1. The minimum atomic E-state index is -4.33. The number of ether oxygens (including phenoxy) is 1. The molecule has 1 unspecified atom stereocenters. The van der Waals surface area contributed by atoms with Crippen molar-refractivity contribution in [3.05, 3.63) is 29.6 Å². The molecule has 1 atom stereocenters. The Morgan fingerprint density at radius 3 is 2.59 bits per heavy atom. The van der Waals surface area contributed by atoms with E-state index in [1.807, 2.05) is 0 Å². The van der Waals surface area contributed by atoms with Gasteiger partial charge in [0.2, 0.25) is 0 Å². The topological polar surface area (TPSA) is 34.1 Å². The van der Waals surface area contributed by atoms with E-state index in [1.54, 1.807) is 25.2 Å². The number of nitrogens with one attached hydrogen (secondary N) is 1. The van der Waals surface area contributed by atoms with E-state index in [4.69, 9.17) is 4.74 Å². The number of alkyl halides is 3. The molecule has 96 valence electrons. The monoisotopic (exact) mass is 248 g/mol. The van der Waals surface area contributed by atoms with Gasteiger partial charge in [0, 0.05) is 6.54 Å². The number of aromatic nitrogens is 1. The van der Waals surface area contributed by atoms with Crippen LogP contribution in [0.5, 0.6) is 0 Å². The molecule has 1 aromatic heterocycles. The van der Waals surface area contributed by atoms with Crippen molar-refractivity contribution in [2.75, 3.05) is 7.05 Å². The summed E-state index contributed by atoms with van der Waals surface area (Å²) in [6, 6.07) is 5.19. The van der Waals surface area contributed by atoms with Crippen LogP contribution >= 0.6 is 0 Å². The second-order valence-corrected chi connectivity index (χ2v) is 3.65. The predicted octanol–water partition coefficient (Wildman–Crippen LogP) is 2.27. The molecule has 6 heteroatoms. The van der Waals surface area contributed by atoms with E-state index in [0.29, 0.717) is 12.2 Å². The summed E-state index contributed by atoms with van der Waals surface area (Å²) in [4.78, 5) is 4.16. The van der Waals surface area contributed by atoms with E-state index in [9.17, 15) is 13.2 Å². The Bertz CT molecular complexity index is 355. The van der Waals surface area contributed by atoms with E-state index < -0.39 is 12.3 Å². The summed E-state index contributed by atoms with van der Waals surface area (Å²) in [5.41, 5.74) is 1.27. The van der Waals surface area contributed by atoms with Gasteiger partial charge in [-0.15, -0.1) is 0 Å². The second kappa shape index (κ2) is 5.97. The van der Waals surface area contributed by atoms with Crippen LogP contribution in [0, 0.1) is 0 Å². The number of rotatable bonds is 5. The first-order valence-corrected chi connectivity index (χ1v) is 5.21. The molecule has 0 fully saturated rings. The molecule has 0 radical (unpaired) electrons. The first-order valence-electron chi connectivity index (χ1n) is 5.21. The maximum absolute atomic E-state index is 12.2. The highest BCUT2D eigenvalue weighted by Gasteiger charge is 2.36. The summed E-state index contributed by atoms with van der Waals surface area (Å²) in [5, 5.41) is 2.92. The van der Waals surface area contributed by atoms with Gasteiger partial charge in [-0.3, -0.25) is 4.98 Å². The molecule has 0 saturated carbocycles. The Morgan fingerprint density at radius 1 is 1.35 bits per heavy atom. The van der Waals surface area contributed by atoms with Crippen LogP contribution in [-0.4, -0.2) is 24.3 Å². The van der Waals surface area contributed by atoms with Crippen LogP contribution in [0.15, 0.2) is 18.2 Å². The normalized spacial score (nSPS) is 13.7. The summed E-state index contributed by atoms with van der Waals surface area (Å²) in [5.74, 6) is 0. The van der Waals surface area contributed by atoms with Gasteiger partial charge in [0.05, 0.1) is 18.0 Å². The fourth-order valence-corrected chi connectivity index (χ4v) is 1.19. The molecule has 0 bridgehead atoms. The lowest BCUT2D eigenvalue weighted by Gasteiger charge is -2.16. The van der Waals surface area contributed by atoms with Crippen LogP contribution in [0.25, 0.3) is 0 Å². The van der Waals surface area contributed by atoms with Crippen molar-refractivity contribution in [3.63, 3.8) is 0 Å². The Kier molecular flexibility index (Phi) is 4.89. The van der Waals surface area contributed by atoms with Gasteiger partial charge in [-0.25, -0.2) is 0 Å².